The minimum Gasteiger partial charge on any atom is -0.298 e. The van der Waals surface area contributed by atoms with Gasteiger partial charge >= 0.3 is 0 Å². The van der Waals surface area contributed by atoms with Gasteiger partial charge in [0.05, 0.1) is 0 Å². The molecule has 0 aromatic rings. The van der Waals surface area contributed by atoms with Crippen molar-refractivity contribution in [2.45, 2.75) is 44.5 Å². The van der Waals surface area contributed by atoms with Crippen molar-refractivity contribution in [2.75, 3.05) is 13.1 Å². The van der Waals surface area contributed by atoms with Crippen LogP contribution in [0.2, 0.25) is 0 Å². The monoisotopic (exact) mass is 175 g/mol. The molecule has 1 saturated heterocycles. The number of rotatable bonds is 0. The van der Waals surface area contributed by atoms with E-state index in [2.05, 4.69) is 25.7 Å². The second-order valence-corrected chi connectivity index (χ2v) is 4.95. The van der Waals surface area contributed by atoms with Crippen LogP contribution in [0.4, 0.5) is 0 Å². The number of hydrogen-bond acceptors (Lipinski definition) is 1. The lowest BCUT2D eigenvalue weighted by molar-refractivity contribution is 0.112. The molecular formula is C9H18ClN. The van der Waals surface area contributed by atoms with Crippen molar-refractivity contribution in [3.8, 4) is 0 Å². The van der Waals surface area contributed by atoms with E-state index in [1.165, 1.54) is 0 Å². The van der Waals surface area contributed by atoms with Gasteiger partial charge in [-0.2, -0.15) is 0 Å². The third-order valence-corrected chi connectivity index (χ3v) is 2.81. The Labute approximate surface area is 74.7 Å². The number of piperidine rings is 1. The maximum absolute atomic E-state index is 6.01. The lowest BCUT2D eigenvalue weighted by Crippen LogP contribution is -2.46. The highest BCUT2D eigenvalue weighted by Gasteiger charge is 2.25. The van der Waals surface area contributed by atoms with Crippen molar-refractivity contribution in [2.24, 2.45) is 0 Å². The molecule has 0 aromatic carbocycles. The zero-order valence-corrected chi connectivity index (χ0v) is 8.49. The van der Waals surface area contributed by atoms with Gasteiger partial charge in [-0.05, 0) is 33.6 Å². The second kappa shape index (κ2) is 3.32. The Morgan fingerprint density at radius 2 is 1.64 bits per heavy atom. The van der Waals surface area contributed by atoms with E-state index >= 15 is 0 Å². The topological polar surface area (TPSA) is 3.24 Å². The average Bonchev–Trinajstić information content (AvgIpc) is 1.86. The molecule has 0 radical (unpaired) electrons. The normalized spacial score (nSPS) is 24.0. The summed E-state index contributed by atoms with van der Waals surface area (Å²) in [5.74, 6) is 0. The van der Waals surface area contributed by atoms with Gasteiger partial charge in [-0.1, -0.05) is 0 Å². The molecule has 0 N–H and O–H groups in total. The standard InChI is InChI=1S/C9H18ClN/c1-9(2,3)11-6-4-8(10)5-7-11/h8H,4-7H2,1-3H3. The molecule has 66 valence electrons. The highest BCUT2D eigenvalue weighted by Crippen LogP contribution is 2.22. The summed E-state index contributed by atoms with van der Waals surface area (Å²) < 4.78 is 0. The molecular weight excluding hydrogens is 158 g/mol. The molecule has 0 unspecified atom stereocenters. The van der Waals surface area contributed by atoms with E-state index in [0.29, 0.717) is 10.9 Å². The van der Waals surface area contributed by atoms with Crippen LogP contribution >= 0.6 is 11.6 Å². The molecule has 0 bridgehead atoms. The van der Waals surface area contributed by atoms with Crippen molar-refractivity contribution >= 4 is 11.6 Å². The fourth-order valence-corrected chi connectivity index (χ4v) is 1.71. The highest BCUT2D eigenvalue weighted by molar-refractivity contribution is 6.20. The van der Waals surface area contributed by atoms with Crippen LogP contribution in [-0.2, 0) is 0 Å². The first-order valence-corrected chi connectivity index (χ1v) is 4.83. The van der Waals surface area contributed by atoms with Crippen LogP contribution in [0.3, 0.4) is 0 Å². The summed E-state index contributed by atoms with van der Waals surface area (Å²) in [5, 5.41) is 0.425. The summed E-state index contributed by atoms with van der Waals surface area (Å²) in [5.41, 5.74) is 0.330. The third-order valence-electron chi connectivity index (χ3n) is 2.37. The first kappa shape index (κ1) is 9.34. The summed E-state index contributed by atoms with van der Waals surface area (Å²) in [6.45, 7) is 9.13. The number of alkyl halides is 1. The van der Waals surface area contributed by atoms with Gasteiger partial charge in [-0.15, -0.1) is 11.6 Å². The molecule has 1 heterocycles. The van der Waals surface area contributed by atoms with E-state index in [4.69, 9.17) is 11.6 Å². The molecule has 0 aromatic heterocycles. The Kier molecular flexibility index (Phi) is 2.82. The van der Waals surface area contributed by atoms with Gasteiger partial charge in [-0.3, -0.25) is 4.90 Å². The van der Waals surface area contributed by atoms with Crippen LogP contribution in [0.25, 0.3) is 0 Å². The quantitative estimate of drug-likeness (QED) is 0.512. The summed E-state index contributed by atoms with van der Waals surface area (Å²) in [7, 11) is 0. The minimum atomic E-state index is 0.330. The third kappa shape index (κ3) is 2.64. The van der Waals surface area contributed by atoms with Crippen LogP contribution in [0, 0.1) is 0 Å². The average molecular weight is 176 g/mol. The summed E-state index contributed by atoms with van der Waals surface area (Å²) in [6, 6.07) is 0. The minimum absolute atomic E-state index is 0.330. The molecule has 11 heavy (non-hydrogen) atoms. The summed E-state index contributed by atoms with van der Waals surface area (Å²) in [6.07, 6.45) is 2.30. The van der Waals surface area contributed by atoms with E-state index < -0.39 is 0 Å². The Hall–Kier alpha value is 0.250. The first-order chi connectivity index (χ1) is 5.00. The predicted molar refractivity (Wildman–Crippen MR) is 50.2 cm³/mol. The number of likely N-dealkylation sites (tertiary alicyclic amines) is 1. The van der Waals surface area contributed by atoms with Crippen molar-refractivity contribution in [3.63, 3.8) is 0 Å². The summed E-state index contributed by atoms with van der Waals surface area (Å²) >= 11 is 6.01. The molecule has 0 atom stereocenters. The first-order valence-electron chi connectivity index (χ1n) is 4.39. The van der Waals surface area contributed by atoms with Gasteiger partial charge in [0.15, 0.2) is 0 Å². The number of hydrogen-bond donors (Lipinski definition) is 0. The van der Waals surface area contributed by atoms with E-state index in [1.807, 2.05) is 0 Å². The van der Waals surface area contributed by atoms with Gasteiger partial charge < -0.3 is 0 Å². The molecule has 0 aliphatic carbocycles. The largest absolute Gasteiger partial charge is 0.298 e. The van der Waals surface area contributed by atoms with Crippen molar-refractivity contribution in [3.05, 3.63) is 0 Å². The lowest BCUT2D eigenvalue weighted by Gasteiger charge is -2.39. The molecule has 0 saturated carbocycles. The SMILES string of the molecule is CC(C)(C)N1CCC(Cl)CC1. The van der Waals surface area contributed by atoms with E-state index in [9.17, 15) is 0 Å². The van der Waals surface area contributed by atoms with Gasteiger partial charge in [0.25, 0.3) is 0 Å². The highest BCUT2D eigenvalue weighted by atomic mass is 35.5. The predicted octanol–water partition coefficient (Wildman–Crippen LogP) is 2.49. The Balaban J connectivity index is 2.39. The van der Waals surface area contributed by atoms with Crippen LogP contribution < -0.4 is 0 Å². The molecule has 0 spiro atoms. The van der Waals surface area contributed by atoms with Gasteiger partial charge in [0.1, 0.15) is 0 Å². The zero-order chi connectivity index (χ0) is 8.48. The van der Waals surface area contributed by atoms with E-state index in [-0.39, 0.29) is 0 Å². The fraction of sp³-hybridized carbons (Fsp3) is 1.00. The molecule has 1 aliphatic heterocycles. The number of nitrogens with zero attached hydrogens (tertiary/aromatic N) is 1. The van der Waals surface area contributed by atoms with Gasteiger partial charge in [0, 0.05) is 24.0 Å². The molecule has 2 heteroatoms. The fourth-order valence-electron chi connectivity index (χ4n) is 1.52. The Morgan fingerprint density at radius 1 is 1.18 bits per heavy atom. The molecule has 1 aliphatic rings. The number of halogens is 1. The van der Waals surface area contributed by atoms with Crippen molar-refractivity contribution in [1.82, 2.24) is 4.90 Å². The zero-order valence-electron chi connectivity index (χ0n) is 7.73. The van der Waals surface area contributed by atoms with Gasteiger partial charge in [-0.25, -0.2) is 0 Å². The van der Waals surface area contributed by atoms with Crippen LogP contribution in [-0.4, -0.2) is 28.9 Å². The Bertz CT molecular complexity index is 120. The van der Waals surface area contributed by atoms with Crippen molar-refractivity contribution < 1.29 is 0 Å². The van der Waals surface area contributed by atoms with E-state index in [0.717, 1.165) is 25.9 Å². The molecule has 1 nitrogen and oxygen atoms in total. The van der Waals surface area contributed by atoms with Gasteiger partial charge in [0.2, 0.25) is 0 Å². The van der Waals surface area contributed by atoms with Crippen LogP contribution in [0.1, 0.15) is 33.6 Å². The van der Waals surface area contributed by atoms with E-state index in [1.54, 1.807) is 0 Å². The molecule has 1 fully saturated rings. The lowest BCUT2D eigenvalue weighted by atomic mass is 10.0. The van der Waals surface area contributed by atoms with Crippen LogP contribution in [0.5, 0.6) is 0 Å². The molecule has 1 rings (SSSR count). The maximum atomic E-state index is 6.01. The van der Waals surface area contributed by atoms with Crippen molar-refractivity contribution in [1.29, 1.82) is 0 Å². The Morgan fingerprint density at radius 3 is 2.00 bits per heavy atom. The smallest absolute Gasteiger partial charge is 0.0360 e. The second-order valence-electron chi connectivity index (χ2n) is 4.33. The van der Waals surface area contributed by atoms with Crippen LogP contribution in [0.15, 0.2) is 0 Å². The summed E-state index contributed by atoms with van der Waals surface area (Å²) in [4.78, 5) is 2.51. The maximum Gasteiger partial charge on any atom is 0.0360 e. The molecule has 0 amide bonds.